The Labute approximate surface area is 141 Å². The Morgan fingerprint density at radius 2 is 2.05 bits per heavy atom. The van der Waals surface area contributed by atoms with Gasteiger partial charge in [-0.25, -0.2) is 0 Å². The number of Topliss-reactive ketones (excluding diaryl/α,β-unsaturated/α-hetero) is 1. The maximum atomic E-state index is 12.6. The van der Waals surface area contributed by atoms with E-state index >= 15 is 0 Å². The first kappa shape index (κ1) is 15.4. The molecule has 0 unspecified atom stereocenters. The number of rotatable bonds is 3. The number of aryl methyl sites for hydroxylation is 1. The van der Waals surface area contributed by atoms with Crippen molar-refractivity contribution in [3.63, 3.8) is 0 Å². The molecule has 0 amide bonds. The highest BCUT2D eigenvalue weighted by Crippen LogP contribution is 2.41. The van der Waals surface area contributed by atoms with Crippen molar-refractivity contribution in [2.24, 2.45) is 0 Å². The number of hydrogen-bond donors (Lipinski definition) is 1. The highest BCUT2D eigenvalue weighted by atomic mass is 35.5. The minimum absolute atomic E-state index is 0.0799. The second-order valence-corrected chi connectivity index (χ2v) is 7.33. The van der Waals surface area contributed by atoms with Crippen LogP contribution in [0.5, 0.6) is 0 Å². The largest absolute Gasteiger partial charge is 0.297 e. The number of carbonyl (C=O) groups is 1. The van der Waals surface area contributed by atoms with Crippen LogP contribution in [0.3, 0.4) is 0 Å². The zero-order valence-corrected chi connectivity index (χ0v) is 14.1. The molecule has 1 saturated heterocycles. The Kier molecular flexibility index (Phi) is 4.42. The quantitative estimate of drug-likeness (QED) is 0.844. The van der Waals surface area contributed by atoms with Crippen LogP contribution in [0.4, 0.5) is 0 Å². The van der Waals surface area contributed by atoms with Gasteiger partial charge in [0.15, 0.2) is 5.78 Å². The average Bonchev–Trinajstić information content (AvgIpc) is 3.07. The molecule has 4 nitrogen and oxygen atoms in total. The van der Waals surface area contributed by atoms with E-state index in [1.807, 2.05) is 19.1 Å². The van der Waals surface area contributed by atoms with E-state index in [0.717, 1.165) is 17.0 Å². The SMILES string of the molecule is CCc1nnc([C@H]2C(=N)S/C(=C\c3ccc(Cl)cc3)C2=O)s1. The van der Waals surface area contributed by atoms with Crippen molar-refractivity contribution in [3.8, 4) is 0 Å². The van der Waals surface area contributed by atoms with Gasteiger partial charge < -0.3 is 0 Å². The molecule has 0 saturated carbocycles. The van der Waals surface area contributed by atoms with Gasteiger partial charge in [-0.1, -0.05) is 42.4 Å². The molecule has 3 rings (SSSR count). The molecule has 1 aliphatic rings. The third-order valence-electron chi connectivity index (χ3n) is 3.19. The molecule has 22 heavy (non-hydrogen) atoms. The first-order chi connectivity index (χ1) is 10.6. The van der Waals surface area contributed by atoms with Gasteiger partial charge in [-0.2, -0.15) is 0 Å². The van der Waals surface area contributed by atoms with Crippen molar-refractivity contribution in [3.05, 3.63) is 49.8 Å². The van der Waals surface area contributed by atoms with Crippen LogP contribution in [0, 0.1) is 5.41 Å². The molecular formula is C15H12ClN3OS2. The van der Waals surface area contributed by atoms with Crippen LogP contribution >= 0.6 is 34.7 Å². The van der Waals surface area contributed by atoms with Crippen molar-refractivity contribution in [2.75, 3.05) is 0 Å². The lowest BCUT2D eigenvalue weighted by Crippen LogP contribution is -2.11. The summed E-state index contributed by atoms with van der Waals surface area (Å²) >= 11 is 8.46. The summed E-state index contributed by atoms with van der Waals surface area (Å²) in [4.78, 5) is 13.1. The smallest absolute Gasteiger partial charge is 0.186 e. The summed E-state index contributed by atoms with van der Waals surface area (Å²) in [5.41, 5.74) is 0.889. The third kappa shape index (κ3) is 2.99. The highest BCUT2D eigenvalue weighted by Gasteiger charge is 2.39. The minimum atomic E-state index is -0.596. The molecule has 2 heterocycles. The molecule has 1 fully saturated rings. The predicted octanol–water partition coefficient (Wildman–Crippen LogP) is 4.17. The van der Waals surface area contributed by atoms with Crippen LogP contribution in [-0.2, 0) is 11.2 Å². The van der Waals surface area contributed by atoms with Crippen molar-refractivity contribution < 1.29 is 4.79 Å². The van der Waals surface area contributed by atoms with E-state index in [-0.39, 0.29) is 5.78 Å². The number of halogens is 1. The number of thioether (sulfide) groups is 1. The van der Waals surface area contributed by atoms with E-state index in [1.54, 1.807) is 18.2 Å². The summed E-state index contributed by atoms with van der Waals surface area (Å²) in [6.07, 6.45) is 2.58. The number of benzene rings is 1. The fourth-order valence-electron chi connectivity index (χ4n) is 2.05. The van der Waals surface area contributed by atoms with Crippen LogP contribution in [0.15, 0.2) is 29.2 Å². The lowest BCUT2D eigenvalue weighted by atomic mass is 10.1. The molecule has 0 aliphatic carbocycles. The zero-order valence-electron chi connectivity index (χ0n) is 11.7. The maximum Gasteiger partial charge on any atom is 0.186 e. The summed E-state index contributed by atoms with van der Waals surface area (Å²) in [7, 11) is 0. The normalized spacial score (nSPS) is 20.1. The highest BCUT2D eigenvalue weighted by molar-refractivity contribution is 8.19. The molecule has 112 valence electrons. The summed E-state index contributed by atoms with van der Waals surface area (Å²) in [5.74, 6) is -0.676. The standard InChI is InChI=1S/C15H12ClN3OS2/c1-2-11-18-19-15(22-11)12-13(20)10(21-14(12)17)7-8-3-5-9(16)6-4-8/h3-7,12,17H,2H2,1H3/b10-7-,17-14?/t12-/m1/s1. The van der Waals surface area contributed by atoms with E-state index in [0.29, 0.717) is 20.0 Å². The first-order valence-electron chi connectivity index (χ1n) is 6.68. The van der Waals surface area contributed by atoms with Crippen molar-refractivity contribution in [1.29, 1.82) is 5.41 Å². The molecule has 1 aromatic heterocycles. The van der Waals surface area contributed by atoms with Crippen LogP contribution in [0.2, 0.25) is 5.02 Å². The van der Waals surface area contributed by atoms with Crippen molar-refractivity contribution in [1.82, 2.24) is 10.2 Å². The Balaban J connectivity index is 1.89. The fourth-order valence-corrected chi connectivity index (χ4v) is 4.13. The Morgan fingerprint density at radius 3 is 2.68 bits per heavy atom. The molecule has 1 N–H and O–H groups in total. The lowest BCUT2D eigenvalue weighted by Gasteiger charge is -2.00. The Bertz CT molecular complexity index is 767. The fraction of sp³-hybridized carbons (Fsp3) is 0.200. The van der Waals surface area contributed by atoms with Gasteiger partial charge in [0.1, 0.15) is 15.9 Å². The van der Waals surface area contributed by atoms with Gasteiger partial charge in [-0.15, -0.1) is 21.5 Å². The maximum absolute atomic E-state index is 12.6. The van der Waals surface area contributed by atoms with Crippen LogP contribution in [-0.4, -0.2) is 21.0 Å². The molecule has 7 heteroatoms. The summed E-state index contributed by atoms with van der Waals surface area (Å²) < 4.78 is 0. The second kappa shape index (κ2) is 6.32. The Morgan fingerprint density at radius 1 is 1.32 bits per heavy atom. The molecule has 1 atom stereocenters. The average molecular weight is 350 g/mol. The number of nitrogens with one attached hydrogen (secondary N) is 1. The van der Waals surface area contributed by atoms with Gasteiger partial charge >= 0.3 is 0 Å². The minimum Gasteiger partial charge on any atom is -0.297 e. The monoisotopic (exact) mass is 349 g/mol. The predicted molar refractivity (Wildman–Crippen MR) is 91.8 cm³/mol. The second-order valence-electron chi connectivity index (χ2n) is 4.71. The van der Waals surface area contributed by atoms with Gasteiger partial charge in [-0.05, 0) is 30.2 Å². The summed E-state index contributed by atoms with van der Waals surface area (Å²) in [5, 5.41) is 18.7. The van der Waals surface area contributed by atoms with Gasteiger partial charge in [0.25, 0.3) is 0 Å². The molecule has 2 aromatic rings. The lowest BCUT2D eigenvalue weighted by molar-refractivity contribution is -0.114. The van der Waals surface area contributed by atoms with E-state index in [9.17, 15) is 4.79 Å². The van der Waals surface area contributed by atoms with Crippen molar-refractivity contribution in [2.45, 2.75) is 19.3 Å². The number of allylic oxidation sites excluding steroid dienone is 1. The molecule has 0 spiro atoms. The van der Waals surface area contributed by atoms with Gasteiger partial charge in [0, 0.05) is 5.02 Å². The third-order valence-corrected chi connectivity index (χ3v) is 5.57. The van der Waals surface area contributed by atoms with E-state index in [2.05, 4.69) is 10.2 Å². The van der Waals surface area contributed by atoms with Crippen LogP contribution in [0.1, 0.15) is 28.4 Å². The zero-order chi connectivity index (χ0) is 15.7. The number of hydrogen-bond acceptors (Lipinski definition) is 6. The number of nitrogens with zero attached hydrogens (tertiary/aromatic N) is 2. The number of aromatic nitrogens is 2. The summed E-state index contributed by atoms with van der Waals surface area (Å²) in [6, 6.07) is 7.25. The molecule has 0 bridgehead atoms. The molecule has 1 aliphatic heterocycles. The van der Waals surface area contributed by atoms with E-state index in [1.165, 1.54) is 23.1 Å². The number of ketones is 1. The van der Waals surface area contributed by atoms with Crippen molar-refractivity contribution >= 4 is 51.6 Å². The van der Waals surface area contributed by atoms with Crippen LogP contribution in [0.25, 0.3) is 6.08 Å². The number of carbonyl (C=O) groups excluding carboxylic acids is 1. The molecule has 0 radical (unpaired) electrons. The summed E-state index contributed by atoms with van der Waals surface area (Å²) in [6.45, 7) is 1.99. The van der Waals surface area contributed by atoms with E-state index in [4.69, 9.17) is 17.0 Å². The van der Waals surface area contributed by atoms with Gasteiger partial charge in [0.05, 0.1) is 9.95 Å². The van der Waals surface area contributed by atoms with Crippen LogP contribution < -0.4 is 0 Å². The van der Waals surface area contributed by atoms with E-state index < -0.39 is 5.92 Å². The first-order valence-corrected chi connectivity index (χ1v) is 8.69. The molecular weight excluding hydrogens is 338 g/mol. The molecule has 1 aromatic carbocycles. The van der Waals surface area contributed by atoms with Gasteiger partial charge in [-0.3, -0.25) is 10.2 Å². The Hall–Kier alpha value is -1.50. The topological polar surface area (TPSA) is 66.7 Å². The van der Waals surface area contributed by atoms with Gasteiger partial charge in [0.2, 0.25) is 0 Å².